The van der Waals surface area contributed by atoms with Gasteiger partial charge in [0.2, 0.25) is 0 Å². The molecule has 0 spiro atoms. The quantitative estimate of drug-likeness (QED) is 0.533. The first kappa shape index (κ1) is 13.0. The van der Waals surface area contributed by atoms with Gasteiger partial charge in [-0.1, -0.05) is 6.92 Å². The molecule has 1 N–H and O–H groups in total. The van der Waals surface area contributed by atoms with Crippen LogP contribution in [0, 0.1) is 11.8 Å². The summed E-state index contributed by atoms with van der Waals surface area (Å²) in [5.74, 6) is 5.59. The highest BCUT2D eigenvalue weighted by molar-refractivity contribution is 5.84. The van der Waals surface area contributed by atoms with E-state index in [0.717, 1.165) is 0 Å². The van der Waals surface area contributed by atoms with Gasteiger partial charge in [-0.25, -0.2) is 0 Å². The van der Waals surface area contributed by atoms with Gasteiger partial charge in [0.15, 0.2) is 0 Å². The van der Waals surface area contributed by atoms with Gasteiger partial charge in [0.25, 0.3) is 5.91 Å². The number of carbonyl (C=O) groups excluding carboxylic acids is 1. The summed E-state index contributed by atoms with van der Waals surface area (Å²) in [5.41, 5.74) is -0.709. The zero-order chi connectivity index (χ0) is 11.0. The van der Waals surface area contributed by atoms with Crippen molar-refractivity contribution < 1.29 is 9.53 Å². The highest BCUT2D eigenvalue weighted by Crippen LogP contribution is 2.13. The van der Waals surface area contributed by atoms with Crippen molar-refractivity contribution in [3.8, 4) is 11.8 Å². The van der Waals surface area contributed by atoms with E-state index < -0.39 is 5.60 Å². The van der Waals surface area contributed by atoms with Crippen molar-refractivity contribution in [3.05, 3.63) is 0 Å². The Morgan fingerprint density at radius 2 is 2.21 bits per heavy atom. The third kappa shape index (κ3) is 3.80. The Morgan fingerprint density at radius 3 is 2.64 bits per heavy atom. The van der Waals surface area contributed by atoms with Gasteiger partial charge in [0.05, 0.1) is 0 Å². The maximum atomic E-state index is 11.6. The van der Waals surface area contributed by atoms with Crippen LogP contribution >= 0.6 is 0 Å². The van der Waals surface area contributed by atoms with E-state index in [1.54, 1.807) is 21.0 Å². The lowest BCUT2D eigenvalue weighted by Crippen LogP contribution is -2.45. The normalized spacial score (nSPS) is 13.7. The maximum Gasteiger partial charge on any atom is 0.251 e. The summed E-state index contributed by atoms with van der Waals surface area (Å²) < 4.78 is 5.16. The lowest BCUT2D eigenvalue weighted by atomic mass is 10.0. The topological polar surface area (TPSA) is 38.3 Å². The lowest BCUT2D eigenvalue weighted by molar-refractivity contribution is -0.141. The molecule has 1 atom stereocenters. The highest BCUT2D eigenvalue weighted by Gasteiger charge is 2.30. The molecule has 0 aromatic carbocycles. The SMILES string of the molecule is CC#CCCNC(=O)C(C)(CC)OC. The number of carbonyl (C=O) groups is 1. The Balaban J connectivity index is 3.98. The van der Waals surface area contributed by atoms with Crippen molar-refractivity contribution in [2.75, 3.05) is 13.7 Å². The number of rotatable bonds is 5. The molecule has 0 bridgehead atoms. The van der Waals surface area contributed by atoms with Crippen LogP contribution in [0.4, 0.5) is 0 Å². The Morgan fingerprint density at radius 1 is 1.57 bits per heavy atom. The van der Waals surface area contributed by atoms with Gasteiger partial charge in [-0.3, -0.25) is 4.79 Å². The molecule has 1 unspecified atom stereocenters. The predicted molar refractivity (Wildman–Crippen MR) is 56.8 cm³/mol. The van der Waals surface area contributed by atoms with Crippen molar-refractivity contribution in [1.82, 2.24) is 5.32 Å². The van der Waals surface area contributed by atoms with Crippen LogP contribution in [-0.2, 0) is 9.53 Å². The second-order valence-corrected chi connectivity index (χ2v) is 3.22. The van der Waals surface area contributed by atoms with Gasteiger partial charge in [0.1, 0.15) is 5.60 Å². The Labute approximate surface area is 86.2 Å². The summed E-state index contributed by atoms with van der Waals surface area (Å²) in [6, 6.07) is 0. The zero-order valence-corrected chi connectivity index (χ0v) is 9.44. The third-order valence-electron chi connectivity index (χ3n) is 2.32. The average molecular weight is 197 g/mol. The minimum absolute atomic E-state index is 0.0691. The van der Waals surface area contributed by atoms with Gasteiger partial charge >= 0.3 is 0 Å². The van der Waals surface area contributed by atoms with Crippen molar-refractivity contribution >= 4 is 5.91 Å². The summed E-state index contributed by atoms with van der Waals surface area (Å²) in [6.07, 6.45) is 1.35. The molecule has 80 valence electrons. The first-order chi connectivity index (χ1) is 6.60. The molecule has 0 aliphatic heterocycles. The van der Waals surface area contributed by atoms with E-state index in [9.17, 15) is 4.79 Å². The van der Waals surface area contributed by atoms with Crippen molar-refractivity contribution in [3.63, 3.8) is 0 Å². The van der Waals surface area contributed by atoms with Crippen molar-refractivity contribution in [2.45, 2.75) is 39.2 Å². The number of hydrogen-bond acceptors (Lipinski definition) is 2. The molecule has 0 aliphatic carbocycles. The maximum absolute atomic E-state index is 11.6. The molecule has 0 radical (unpaired) electrons. The predicted octanol–water partition coefficient (Wildman–Crippen LogP) is 1.33. The van der Waals surface area contributed by atoms with E-state index >= 15 is 0 Å². The molecule has 14 heavy (non-hydrogen) atoms. The van der Waals surface area contributed by atoms with E-state index in [2.05, 4.69) is 17.2 Å². The fourth-order valence-corrected chi connectivity index (χ4v) is 0.948. The van der Waals surface area contributed by atoms with Gasteiger partial charge in [0, 0.05) is 20.1 Å². The Hall–Kier alpha value is -1.01. The summed E-state index contributed by atoms with van der Waals surface area (Å²) in [4.78, 5) is 11.6. The fourth-order valence-electron chi connectivity index (χ4n) is 0.948. The van der Waals surface area contributed by atoms with Crippen LogP contribution in [0.2, 0.25) is 0 Å². The van der Waals surface area contributed by atoms with Crippen LogP contribution < -0.4 is 5.32 Å². The first-order valence-electron chi connectivity index (χ1n) is 4.83. The molecule has 0 aliphatic rings. The van der Waals surface area contributed by atoms with Crippen LogP contribution in [0.1, 0.15) is 33.6 Å². The summed E-state index contributed by atoms with van der Waals surface area (Å²) in [7, 11) is 1.55. The monoisotopic (exact) mass is 197 g/mol. The minimum Gasteiger partial charge on any atom is -0.369 e. The molecule has 0 fully saturated rings. The molecule has 0 aromatic heterocycles. The standard InChI is InChI=1S/C11H19NO2/c1-5-7-8-9-12-10(13)11(3,6-2)14-4/h6,8-9H2,1-4H3,(H,12,13). The summed E-state index contributed by atoms with van der Waals surface area (Å²) in [5, 5.41) is 2.79. The Kier molecular flexibility index (Phi) is 5.98. The number of amides is 1. The van der Waals surface area contributed by atoms with Crippen LogP contribution in [0.15, 0.2) is 0 Å². The van der Waals surface area contributed by atoms with Crippen LogP contribution in [0.3, 0.4) is 0 Å². The van der Waals surface area contributed by atoms with E-state index in [-0.39, 0.29) is 5.91 Å². The lowest BCUT2D eigenvalue weighted by Gasteiger charge is -2.24. The molecular formula is C11H19NO2. The molecule has 0 rings (SSSR count). The van der Waals surface area contributed by atoms with Gasteiger partial charge in [-0.15, -0.1) is 11.8 Å². The minimum atomic E-state index is -0.709. The number of methoxy groups -OCH3 is 1. The van der Waals surface area contributed by atoms with E-state index in [0.29, 0.717) is 19.4 Å². The van der Waals surface area contributed by atoms with Crippen LogP contribution in [0.25, 0.3) is 0 Å². The molecular weight excluding hydrogens is 178 g/mol. The summed E-state index contributed by atoms with van der Waals surface area (Å²) in [6.45, 7) is 6.08. The number of nitrogens with one attached hydrogen (secondary N) is 1. The van der Waals surface area contributed by atoms with E-state index in [1.807, 2.05) is 6.92 Å². The van der Waals surface area contributed by atoms with Gasteiger partial charge in [-0.2, -0.15) is 0 Å². The van der Waals surface area contributed by atoms with Gasteiger partial charge in [-0.05, 0) is 20.3 Å². The molecule has 0 saturated carbocycles. The molecule has 3 heteroatoms. The smallest absolute Gasteiger partial charge is 0.251 e. The van der Waals surface area contributed by atoms with Crippen LogP contribution in [-0.4, -0.2) is 25.2 Å². The molecule has 0 aromatic rings. The molecule has 1 amide bonds. The average Bonchev–Trinajstić information content (AvgIpc) is 2.22. The van der Waals surface area contributed by atoms with E-state index in [4.69, 9.17) is 4.74 Å². The second-order valence-electron chi connectivity index (χ2n) is 3.22. The molecule has 3 nitrogen and oxygen atoms in total. The second kappa shape index (κ2) is 6.44. The molecule has 0 heterocycles. The Bertz CT molecular complexity index is 233. The number of ether oxygens (including phenoxy) is 1. The van der Waals surface area contributed by atoms with E-state index in [1.165, 1.54) is 0 Å². The zero-order valence-electron chi connectivity index (χ0n) is 9.44. The van der Waals surface area contributed by atoms with Crippen molar-refractivity contribution in [1.29, 1.82) is 0 Å². The number of hydrogen-bond donors (Lipinski definition) is 1. The molecule has 0 saturated heterocycles. The largest absolute Gasteiger partial charge is 0.369 e. The highest BCUT2D eigenvalue weighted by atomic mass is 16.5. The first-order valence-corrected chi connectivity index (χ1v) is 4.83. The van der Waals surface area contributed by atoms with Crippen molar-refractivity contribution in [2.24, 2.45) is 0 Å². The third-order valence-corrected chi connectivity index (χ3v) is 2.32. The fraction of sp³-hybridized carbons (Fsp3) is 0.727. The van der Waals surface area contributed by atoms with Crippen LogP contribution in [0.5, 0.6) is 0 Å². The van der Waals surface area contributed by atoms with Gasteiger partial charge < -0.3 is 10.1 Å². The summed E-state index contributed by atoms with van der Waals surface area (Å²) >= 11 is 0.